The zero-order chi connectivity index (χ0) is 21.4. The predicted molar refractivity (Wildman–Crippen MR) is 101 cm³/mol. The molecular formula is C20H15F3N4O3. The maximum atomic E-state index is 13.7. The fraction of sp³-hybridized carbons (Fsp3) is 0.150. The number of imide groups is 1. The first kappa shape index (κ1) is 19.5. The highest BCUT2D eigenvalue weighted by molar-refractivity contribution is 6.08. The lowest BCUT2D eigenvalue weighted by Crippen LogP contribution is -2.38. The van der Waals surface area contributed by atoms with Crippen LogP contribution in [0.5, 0.6) is 0 Å². The molecule has 0 radical (unpaired) electrons. The van der Waals surface area contributed by atoms with Gasteiger partial charge in [-0.3, -0.25) is 14.5 Å². The van der Waals surface area contributed by atoms with E-state index in [1.54, 1.807) is 6.20 Å². The average Bonchev–Trinajstić information content (AvgIpc) is 3.25. The minimum absolute atomic E-state index is 0.213. The van der Waals surface area contributed by atoms with Gasteiger partial charge in [0.2, 0.25) is 5.91 Å². The summed E-state index contributed by atoms with van der Waals surface area (Å²) in [6, 6.07) is 7.32. The van der Waals surface area contributed by atoms with Crippen LogP contribution in [0.2, 0.25) is 0 Å². The van der Waals surface area contributed by atoms with E-state index in [2.05, 4.69) is 10.3 Å². The molecule has 4 rings (SSSR count). The summed E-state index contributed by atoms with van der Waals surface area (Å²) in [5, 5.41) is 5.45. The molecule has 1 fully saturated rings. The molecule has 1 atom stereocenters. The molecule has 4 amide bonds. The van der Waals surface area contributed by atoms with Gasteiger partial charge < -0.3 is 15.6 Å². The van der Waals surface area contributed by atoms with E-state index in [9.17, 15) is 27.6 Å². The molecule has 0 spiro atoms. The minimum atomic E-state index is -1.73. The number of hydrogen-bond donors (Lipinski definition) is 3. The number of hydrogen-bond acceptors (Lipinski definition) is 3. The normalized spacial score (nSPS) is 16.2. The summed E-state index contributed by atoms with van der Waals surface area (Å²) in [5.74, 6) is -6.26. The Bertz CT molecular complexity index is 1180. The van der Waals surface area contributed by atoms with Crippen LogP contribution < -0.4 is 10.6 Å². The van der Waals surface area contributed by atoms with Crippen molar-refractivity contribution in [1.82, 2.24) is 15.2 Å². The van der Waals surface area contributed by atoms with E-state index in [1.807, 2.05) is 29.6 Å². The summed E-state index contributed by atoms with van der Waals surface area (Å²) < 4.78 is 40.0. The second-order valence-corrected chi connectivity index (χ2v) is 6.76. The van der Waals surface area contributed by atoms with Gasteiger partial charge in [-0.05, 0) is 23.8 Å². The van der Waals surface area contributed by atoms with Crippen LogP contribution in [0.1, 0.15) is 5.56 Å². The van der Waals surface area contributed by atoms with Crippen molar-refractivity contribution in [2.24, 2.45) is 0 Å². The van der Waals surface area contributed by atoms with Gasteiger partial charge in [-0.2, -0.15) is 0 Å². The quantitative estimate of drug-likeness (QED) is 0.441. The Morgan fingerprint density at radius 3 is 2.63 bits per heavy atom. The highest BCUT2D eigenvalue weighted by atomic mass is 19.2. The van der Waals surface area contributed by atoms with Crippen molar-refractivity contribution in [1.29, 1.82) is 0 Å². The van der Waals surface area contributed by atoms with E-state index in [4.69, 9.17) is 0 Å². The summed E-state index contributed by atoms with van der Waals surface area (Å²) >= 11 is 0. The van der Waals surface area contributed by atoms with Crippen LogP contribution >= 0.6 is 0 Å². The van der Waals surface area contributed by atoms with E-state index in [-0.39, 0.29) is 6.42 Å². The van der Waals surface area contributed by atoms with Crippen LogP contribution in [0.25, 0.3) is 10.9 Å². The number of aromatic amines is 1. The second kappa shape index (κ2) is 7.54. The Balaban J connectivity index is 1.44. The third-order valence-corrected chi connectivity index (χ3v) is 4.82. The molecule has 2 aromatic carbocycles. The summed E-state index contributed by atoms with van der Waals surface area (Å²) in [4.78, 5) is 40.7. The third kappa shape index (κ3) is 3.47. The first-order chi connectivity index (χ1) is 14.3. The Morgan fingerprint density at radius 2 is 1.83 bits per heavy atom. The Kier molecular flexibility index (Phi) is 4.90. The Morgan fingerprint density at radius 1 is 1.07 bits per heavy atom. The van der Waals surface area contributed by atoms with Gasteiger partial charge in [0.25, 0.3) is 5.91 Å². The van der Waals surface area contributed by atoms with E-state index >= 15 is 0 Å². The zero-order valence-electron chi connectivity index (χ0n) is 15.3. The van der Waals surface area contributed by atoms with Gasteiger partial charge >= 0.3 is 6.03 Å². The Hall–Kier alpha value is -3.82. The average molecular weight is 416 g/mol. The minimum Gasteiger partial charge on any atom is -0.361 e. The summed E-state index contributed by atoms with van der Waals surface area (Å²) in [6.07, 6.45) is 1.95. The van der Waals surface area contributed by atoms with Crippen molar-refractivity contribution < 1.29 is 27.6 Å². The number of para-hydroxylation sites is 1. The van der Waals surface area contributed by atoms with Gasteiger partial charge in [-0.1, -0.05) is 18.2 Å². The lowest BCUT2D eigenvalue weighted by Gasteiger charge is -2.13. The number of carbonyl (C=O) groups excluding carboxylic acids is 3. The van der Waals surface area contributed by atoms with Crippen LogP contribution in [0.15, 0.2) is 42.6 Å². The molecule has 0 saturated carbocycles. The van der Waals surface area contributed by atoms with Crippen LogP contribution in [0.4, 0.5) is 23.7 Å². The number of rotatable bonds is 5. The van der Waals surface area contributed by atoms with Gasteiger partial charge in [0.15, 0.2) is 17.5 Å². The molecule has 7 nitrogen and oxygen atoms in total. The maximum absolute atomic E-state index is 13.7. The molecule has 3 aromatic rings. The van der Waals surface area contributed by atoms with Crippen molar-refractivity contribution in [2.75, 3.05) is 11.9 Å². The Labute approximate surface area is 167 Å². The molecule has 1 saturated heterocycles. The largest absolute Gasteiger partial charge is 0.361 e. The SMILES string of the molecule is O=C(CN1C(=O)N[C@@H](Cc2c[nH]c3ccccc23)C1=O)Nc1ccc(F)c(F)c1F. The van der Waals surface area contributed by atoms with Crippen molar-refractivity contribution in [3.8, 4) is 0 Å². The molecule has 0 unspecified atom stereocenters. The van der Waals surface area contributed by atoms with E-state index in [0.717, 1.165) is 22.5 Å². The molecule has 0 aliphatic carbocycles. The number of aromatic nitrogens is 1. The number of nitrogens with one attached hydrogen (secondary N) is 3. The summed E-state index contributed by atoms with van der Waals surface area (Å²) in [6.45, 7) is -0.701. The van der Waals surface area contributed by atoms with Gasteiger partial charge in [0.1, 0.15) is 12.6 Å². The third-order valence-electron chi connectivity index (χ3n) is 4.82. The molecule has 1 aliphatic rings. The van der Waals surface area contributed by atoms with Crippen LogP contribution in [-0.2, 0) is 16.0 Å². The molecule has 30 heavy (non-hydrogen) atoms. The van der Waals surface area contributed by atoms with Crippen LogP contribution in [-0.4, -0.2) is 40.3 Å². The number of nitrogens with zero attached hydrogens (tertiary/aromatic N) is 1. The molecule has 10 heteroatoms. The van der Waals surface area contributed by atoms with Gasteiger partial charge in [-0.15, -0.1) is 0 Å². The number of carbonyl (C=O) groups is 3. The number of amides is 4. The van der Waals surface area contributed by atoms with Crippen molar-refractivity contribution in [3.63, 3.8) is 0 Å². The molecule has 1 aromatic heterocycles. The molecule has 2 heterocycles. The molecule has 1 aliphatic heterocycles. The van der Waals surface area contributed by atoms with Crippen LogP contribution in [0.3, 0.4) is 0 Å². The number of halogens is 3. The maximum Gasteiger partial charge on any atom is 0.325 e. The topological polar surface area (TPSA) is 94.3 Å². The second-order valence-electron chi connectivity index (χ2n) is 6.76. The lowest BCUT2D eigenvalue weighted by molar-refractivity contribution is -0.130. The number of fused-ring (bicyclic) bond motifs is 1. The van der Waals surface area contributed by atoms with Gasteiger partial charge in [-0.25, -0.2) is 18.0 Å². The smallest absolute Gasteiger partial charge is 0.325 e. The van der Waals surface area contributed by atoms with Gasteiger partial charge in [0, 0.05) is 23.5 Å². The standard InChI is InChI=1S/C20H15F3N4O3/c21-12-5-6-14(18(23)17(12)22)25-16(28)9-27-19(29)15(26-20(27)30)7-10-8-24-13-4-2-1-3-11(10)13/h1-6,8,15,24H,7,9H2,(H,25,28)(H,26,30)/t15-/m0/s1. The molecule has 154 valence electrons. The van der Waals surface area contributed by atoms with Crippen molar-refractivity contribution in [2.45, 2.75) is 12.5 Å². The lowest BCUT2D eigenvalue weighted by atomic mass is 10.1. The summed E-state index contributed by atoms with van der Waals surface area (Å²) in [5.41, 5.74) is 1.11. The predicted octanol–water partition coefficient (Wildman–Crippen LogP) is 2.69. The van der Waals surface area contributed by atoms with E-state index in [0.29, 0.717) is 11.0 Å². The first-order valence-electron chi connectivity index (χ1n) is 8.95. The number of H-pyrrole nitrogens is 1. The number of anilines is 1. The molecule has 3 N–H and O–H groups in total. The first-order valence-corrected chi connectivity index (χ1v) is 8.95. The highest BCUT2D eigenvalue weighted by Gasteiger charge is 2.39. The number of benzene rings is 2. The van der Waals surface area contributed by atoms with Crippen LogP contribution in [0, 0.1) is 17.5 Å². The van der Waals surface area contributed by atoms with Crippen molar-refractivity contribution in [3.05, 3.63) is 65.6 Å². The zero-order valence-corrected chi connectivity index (χ0v) is 15.3. The molecule has 0 bridgehead atoms. The van der Waals surface area contributed by atoms with Gasteiger partial charge in [0.05, 0.1) is 5.69 Å². The molecular weight excluding hydrogens is 401 g/mol. The fourth-order valence-electron chi connectivity index (χ4n) is 3.34. The van der Waals surface area contributed by atoms with Crippen molar-refractivity contribution >= 4 is 34.4 Å². The number of urea groups is 1. The summed E-state index contributed by atoms with van der Waals surface area (Å²) in [7, 11) is 0. The monoisotopic (exact) mass is 416 g/mol. The van der Waals surface area contributed by atoms with E-state index < -0.39 is 53.6 Å². The van der Waals surface area contributed by atoms with E-state index in [1.165, 1.54) is 0 Å². The highest BCUT2D eigenvalue weighted by Crippen LogP contribution is 2.22. The fourth-order valence-corrected chi connectivity index (χ4v) is 3.34.